The van der Waals surface area contributed by atoms with Crippen molar-refractivity contribution in [2.24, 2.45) is 0 Å². The first-order valence-electron chi connectivity index (χ1n) is 7.05. The molecule has 1 aliphatic heterocycles. The van der Waals surface area contributed by atoms with Gasteiger partial charge in [0.25, 0.3) is 0 Å². The van der Waals surface area contributed by atoms with Crippen molar-refractivity contribution in [3.63, 3.8) is 0 Å². The number of alkyl halides is 2. The van der Waals surface area contributed by atoms with Crippen molar-refractivity contribution in [2.45, 2.75) is 44.9 Å². The van der Waals surface area contributed by atoms with E-state index in [2.05, 4.69) is 10.1 Å². The van der Waals surface area contributed by atoms with Gasteiger partial charge in [-0.25, -0.2) is 0 Å². The number of hydrogen-bond donors (Lipinski definition) is 1. The average molecular weight is 285 g/mol. The lowest BCUT2D eigenvalue weighted by Crippen LogP contribution is -2.23. The van der Waals surface area contributed by atoms with E-state index in [1.807, 2.05) is 13.0 Å². The molecule has 3 nitrogen and oxygen atoms in total. The molecule has 0 aliphatic carbocycles. The summed E-state index contributed by atoms with van der Waals surface area (Å²) in [4.78, 5) is 0. The Morgan fingerprint density at radius 1 is 1.45 bits per heavy atom. The first-order valence-corrected chi connectivity index (χ1v) is 7.05. The zero-order chi connectivity index (χ0) is 14.4. The number of rotatable bonds is 7. The van der Waals surface area contributed by atoms with E-state index in [1.54, 1.807) is 12.1 Å². The average Bonchev–Trinajstić information content (AvgIpc) is 2.91. The highest BCUT2D eigenvalue weighted by atomic mass is 19.3. The molecule has 1 N–H and O–H groups in total. The smallest absolute Gasteiger partial charge is 0.387 e. The van der Waals surface area contributed by atoms with Crippen LogP contribution in [0.1, 0.15) is 37.8 Å². The second-order valence-electron chi connectivity index (χ2n) is 5.05. The minimum atomic E-state index is -2.78. The minimum absolute atomic E-state index is 0.0950. The summed E-state index contributed by atoms with van der Waals surface area (Å²) in [5, 5.41) is 3.38. The highest BCUT2D eigenvalue weighted by molar-refractivity contribution is 5.30. The van der Waals surface area contributed by atoms with Crippen LogP contribution in [0.5, 0.6) is 5.75 Å². The van der Waals surface area contributed by atoms with Gasteiger partial charge in [0.1, 0.15) is 5.75 Å². The molecule has 1 aliphatic rings. The van der Waals surface area contributed by atoms with Crippen molar-refractivity contribution >= 4 is 0 Å². The predicted molar refractivity (Wildman–Crippen MR) is 73.1 cm³/mol. The Balaban J connectivity index is 1.80. The van der Waals surface area contributed by atoms with Crippen molar-refractivity contribution < 1.29 is 18.3 Å². The second-order valence-corrected chi connectivity index (χ2v) is 5.05. The van der Waals surface area contributed by atoms with Gasteiger partial charge in [0, 0.05) is 12.6 Å². The van der Waals surface area contributed by atoms with E-state index in [-0.39, 0.29) is 11.8 Å². The molecule has 112 valence electrons. The van der Waals surface area contributed by atoms with Crippen LogP contribution < -0.4 is 10.1 Å². The van der Waals surface area contributed by atoms with Crippen molar-refractivity contribution in [2.75, 3.05) is 13.2 Å². The molecule has 2 unspecified atom stereocenters. The molecule has 0 radical (unpaired) electrons. The van der Waals surface area contributed by atoms with Crippen LogP contribution in [0.15, 0.2) is 24.3 Å². The Labute approximate surface area is 118 Å². The van der Waals surface area contributed by atoms with Crippen molar-refractivity contribution in [3.05, 3.63) is 29.8 Å². The van der Waals surface area contributed by atoms with Crippen molar-refractivity contribution in [3.8, 4) is 5.75 Å². The predicted octanol–water partition coefficient (Wildman–Crippen LogP) is 3.51. The lowest BCUT2D eigenvalue weighted by atomic mass is 10.1. The van der Waals surface area contributed by atoms with Gasteiger partial charge in [0.05, 0.1) is 6.10 Å². The van der Waals surface area contributed by atoms with E-state index in [1.165, 1.54) is 6.07 Å². The van der Waals surface area contributed by atoms with Crippen LogP contribution in [0.3, 0.4) is 0 Å². The molecular formula is C15H21F2NO2. The van der Waals surface area contributed by atoms with E-state index < -0.39 is 6.61 Å². The maximum atomic E-state index is 12.2. The van der Waals surface area contributed by atoms with Crippen LogP contribution in [-0.4, -0.2) is 25.9 Å². The highest BCUT2D eigenvalue weighted by Gasteiger charge is 2.15. The van der Waals surface area contributed by atoms with Gasteiger partial charge in [-0.15, -0.1) is 0 Å². The summed E-state index contributed by atoms with van der Waals surface area (Å²) in [6, 6.07) is 6.91. The number of nitrogens with one attached hydrogen (secondary N) is 1. The summed E-state index contributed by atoms with van der Waals surface area (Å²) in [5.41, 5.74) is 0.940. The van der Waals surface area contributed by atoms with E-state index in [4.69, 9.17) is 4.74 Å². The molecule has 20 heavy (non-hydrogen) atoms. The third kappa shape index (κ3) is 4.72. The molecule has 0 spiro atoms. The topological polar surface area (TPSA) is 30.5 Å². The largest absolute Gasteiger partial charge is 0.435 e. The maximum absolute atomic E-state index is 12.2. The highest BCUT2D eigenvalue weighted by Crippen LogP contribution is 2.21. The van der Waals surface area contributed by atoms with Gasteiger partial charge in [-0.3, -0.25) is 0 Å². The van der Waals surface area contributed by atoms with Crippen LogP contribution in [-0.2, 0) is 4.74 Å². The first-order chi connectivity index (χ1) is 9.65. The lowest BCUT2D eigenvalue weighted by molar-refractivity contribution is -0.0499. The SMILES string of the molecule is CC(NCCC1CCCO1)c1cccc(OC(F)F)c1. The monoisotopic (exact) mass is 285 g/mol. The Hall–Kier alpha value is -1.20. The van der Waals surface area contributed by atoms with E-state index in [9.17, 15) is 8.78 Å². The summed E-state index contributed by atoms with van der Waals surface area (Å²) >= 11 is 0. The fourth-order valence-electron chi connectivity index (χ4n) is 2.41. The van der Waals surface area contributed by atoms with Gasteiger partial charge >= 0.3 is 6.61 Å². The Kier molecular flexibility index (Phi) is 5.73. The number of halogens is 2. The van der Waals surface area contributed by atoms with E-state index >= 15 is 0 Å². The molecule has 0 amide bonds. The number of ether oxygens (including phenoxy) is 2. The first kappa shape index (κ1) is 15.2. The third-order valence-corrected chi connectivity index (χ3v) is 3.52. The van der Waals surface area contributed by atoms with Crippen LogP contribution in [0.2, 0.25) is 0 Å². The molecule has 5 heteroatoms. The maximum Gasteiger partial charge on any atom is 0.387 e. The van der Waals surface area contributed by atoms with Gasteiger partial charge in [0.15, 0.2) is 0 Å². The normalized spacial score (nSPS) is 20.3. The molecule has 0 aromatic heterocycles. The van der Waals surface area contributed by atoms with Crippen molar-refractivity contribution in [1.29, 1.82) is 0 Å². The van der Waals surface area contributed by atoms with Gasteiger partial charge in [-0.05, 0) is 50.4 Å². The molecule has 0 bridgehead atoms. The van der Waals surface area contributed by atoms with E-state index in [0.717, 1.165) is 38.0 Å². The number of hydrogen-bond acceptors (Lipinski definition) is 3. The number of benzene rings is 1. The third-order valence-electron chi connectivity index (χ3n) is 3.52. The molecule has 2 rings (SSSR count). The molecule has 2 atom stereocenters. The summed E-state index contributed by atoms with van der Waals surface area (Å²) in [6.45, 7) is 0.948. The zero-order valence-corrected chi connectivity index (χ0v) is 11.6. The Morgan fingerprint density at radius 3 is 3.00 bits per heavy atom. The quantitative estimate of drug-likeness (QED) is 0.831. The summed E-state index contributed by atoms with van der Waals surface area (Å²) < 4.78 is 34.3. The van der Waals surface area contributed by atoms with Crippen LogP contribution >= 0.6 is 0 Å². The van der Waals surface area contributed by atoms with Gasteiger partial charge in [0.2, 0.25) is 0 Å². The van der Waals surface area contributed by atoms with Crippen LogP contribution in [0.4, 0.5) is 8.78 Å². The molecule has 1 aromatic carbocycles. The standard InChI is InChI=1S/C15H21F2NO2/c1-11(18-8-7-13-6-3-9-19-13)12-4-2-5-14(10-12)20-15(16)17/h2,4-5,10-11,13,15,18H,3,6-9H2,1H3. The molecule has 1 fully saturated rings. The van der Waals surface area contributed by atoms with Gasteiger partial charge < -0.3 is 14.8 Å². The van der Waals surface area contributed by atoms with Crippen LogP contribution in [0, 0.1) is 0 Å². The van der Waals surface area contributed by atoms with Gasteiger partial charge in [-0.2, -0.15) is 8.78 Å². The fraction of sp³-hybridized carbons (Fsp3) is 0.600. The summed E-state index contributed by atoms with van der Waals surface area (Å²) in [5.74, 6) is 0.199. The van der Waals surface area contributed by atoms with E-state index in [0.29, 0.717) is 6.10 Å². The minimum Gasteiger partial charge on any atom is -0.435 e. The van der Waals surface area contributed by atoms with Crippen LogP contribution in [0.25, 0.3) is 0 Å². The molecule has 1 saturated heterocycles. The molecule has 0 saturated carbocycles. The van der Waals surface area contributed by atoms with Gasteiger partial charge in [-0.1, -0.05) is 12.1 Å². The summed E-state index contributed by atoms with van der Waals surface area (Å²) in [7, 11) is 0. The molecule has 1 aromatic rings. The summed E-state index contributed by atoms with van der Waals surface area (Å²) in [6.07, 6.45) is 3.63. The Morgan fingerprint density at radius 2 is 2.30 bits per heavy atom. The zero-order valence-electron chi connectivity index (χ0n) is 11.6. The Bertz CT molecular complexity index is 409. The second kappa shape index (κ2) is 7.55. The molecular weight excluding hydrogens is 264 g/mol. The van der Waals surface area contributed by atoms with Crippen molar-refractivity contribution in [1.82, 2.24) is 5.32 Å². The molecule has 1 heterocycles. The lowest BCUT2D eigenvalue weighted by Gasteiger charge is -2.17. The fourth-order valence-corrected chi connectivity index (χ4v) is 2.41.